The molecule has 0 aliphatic heterocycles. The lowest BCUT2D eigenvalue weighted by Gasteiger charge is -2.34. The Labute approximate surface area is 271 Å². The van der Waals surface area contributed by atoms with Crippen LogP contribution >= 0.6 is 11.6 Å². The lowest BCUT2D eigenvalue weighted by Crippen LogP contribution is -2.53. The van der Waals surface area contributed by atoms with Crippen LogP contribution in [0.1, 0.15) is 41.2 Å². The van der Waals surface area contributed by atoms with Crippen molar-refractivity contribution in [3.8, 4) is 0 Å². The summed E-state index contributed by atoms with van der Waals surface area (Å²) in [5.74, 6) is -0.810. The first-order chi connectivity index (χ1) is 21.5. The van der Waals surface area contributed by atoms with Gasteiger partial charge in [0.25, 0.3) is 10.0 Å². The molecule has 45 heavy (non-hydrogen) atoms. The Morgan fingerprint density at radius 1 is 0.844 bits per heavy atom. The van der Waals surface area contributed by atoms with Gasteiger partial charge in [0.15, 0.2) is 0 Å². The number of nitrogens with one attached hydrogen (secondary N) is 1. The average molecular weight is 646 g/mol. The summed E-state index contributed by atoms with van der Waals surface area (Å²) in [6.07, 6.45) is 0.987. The molecule has 0 fully saturated rings. The average Bonchev–Trinajstić information content (AvgIpc) is 3.03. The number of rotatable bonds is 13. The number of sulfonamides is 1. The van der Waals surface area contributed by atoms with E-state index in [1.807, 2.05) is 75.4 Å². The number of carbonyl (C=O) groups is 2. The van der Waals surface area contributed by atoms with E-state index in [9.17, 15) is 18.0 Å². The molecule has 2 amide bonds. The minimum atomic E-state index is -4.21. The molecule has 0 saturated heterocycles. The quantitative estimate of drug-likeness (QED) is 0.177. The Balaban J connectivity index is 1.83. The lowest BCUT2D eigenvalue weighted by molar-refractivity contribution is -0.140. The highest BCUT2D eigenvalue weighted by atomic mass is 35.5. The molecule has 4 aromatic rings. The Kier molecular flexibility index (Phi) is 11.4. The third-order valence-corrected chi connectivity index (χ3v) is 10.0. The van der Waals surface area contributed by atoms with E-state index >= 15 is 0 Å². The maximum absolute atomic E-state index is 14.6. The van der Waals surface area contributed by atoms with Gasteiger partial charge in [-0.1, -0.05) is 96.9 Å². The highest BCUT2D eigenvalue weighted by molar-refractivity contribution is 7.92. The zero-order chi connectivity index (χ0) is 32.6. The van der Waals surface area contributed by atoms with Crippen molar-refractivity contribution >= 4 is 39.1 Å². The van der Waals surface area contributed by atoms with E-state index in [4.69, 9.17) is 11.6 Å². The number of benzene rings is 4. The van der Waals surface area contributed by atoms with Gasteiger partial charge in [-0.15, -0.1) is 0 Å². The van der Waals surface area contributed by atoms with Gasteiger partial charge in [0.1, 0.15) is 12.6 Å². The third-order valence-electron chi connectivity index (χ3n) is 7.82. The fourth-order valence-electron chi connectivity index (χ4n) is 5.11. The van der Waals surface area contributed by atoms with E-state index < -0.39 is 28.5 Å². The van der Waals surface area contributed by atoms with Crippen molar-refractivity contribution in [2.45, 2.75) is 58.0 Å². The Morgan fingerprint density at radius 3 is 2.18 bits per heavy atom. The van der Waals surface area contributed by atoms with E-state index in [0.29, 0.717) is 22.8 Å². The molecule has 1 atom stereocenters. The number of anilines is 1. The molecule has 7 nitrogen and oxygen atoms in total. The summed E-state index contributed by atoms with van der Waals surface area (Å²) in [5, 5.41) is 3.35. The van der Waals surface area contributed by atoms with Gasteiger partial charge < -0.3 is 10.2 Å². The largest absolute Gasteiger partial charge is 0.354 e. The van der Waals surface area contributed by atoms with Gasteiger partial charge in [0.05, 0.1) is 10.6 Å². The predicted octanol–water partition coefficient (Wildman–Crippen LogP) is 6.63. The first kappa shape index (κ1) is 33.7. The molecule has 236 valence electrons. The van der Waals surface area contributed by atoms with Crippen LogP contribution in [0.25, 0.3) is 0 Å². The smallest absolute Gasteiger partial charge is 0.264 e. The van der Waals surface area contributed by atoms with Crippen molar-refractivity contribution in [3.05, 3.63) is 130 Å². The second-order valence-corrected chi connectivity index (χ2v) is 13.4. The SMILES string of the molecule is CCCNC(=O)[C@H](Cc1ccccc1)N(Cc1ccccc1C)C(=O)CN(c1cccc(Cl)c1C)S(=O)(=O)c1ccc(C)cc1. The second kappa shape index (κ2) is 15.2. The molecule has 9 heteroatoms. The van der Waals surface area contributed by atoms with Gasteiger partial charge in [-0.05, 0) is 73.7 Å². The van der Waals surface area contributed by atoms with Crippen molar-refractivity contribution in [3.63, 3.8) is 0 Å². The van der Waals surface area contributed by atoms with E-state index in [1.165, 1.54) is 17.0 Å². The Bertz CT molecular complexity index is 1730. The van der Waals surface area contributed by atoms with Crippen LogP contribution in [0.5, 0.6) is 0 Å². The molecule has 0 unspecified atom stereocenters. The molecule has 0 aromatic heterocycles. The van der Waals surface area contributed by atoms with Crippen molar-refractivity contribution in [2.24, 2.45) is 0 Å². The summed E-state index contributed by atoms with van der Waals surface area (Å²) in [5.41, 5.74) is 4.42. The van der Waals surface area contributed by atoms with Gasteiger partial charge in [0, 0.05) is 24.5 Å². The highest BCUT2D eigenvalue weighted by Gasteiger charge is 2.35. The topological polar surface area (TPSA) is 86.8 Å². The number of nitrogens with zero attached hydrogens (tertiary/aromatic N) is 2. The third kappa shape index (κ3) is 8.32. The van der Waals surface area contributed by atoms with Crippen LogP contribution in [0, 0.1) is 20.8 Å². The van der Waals surface area contributed by atoms with Gasteiger partial charge in [-0.2, -0.15) is 0 Å². The molecule has 0 heterocycles. The summed E-state index contributed by atoms with van der Waals surface area (Å²) in [6.45, 7) is 7.55. The molecule has 0 radical (unpaired) electrons. The summed E-state index contributed by atoms with van der Waals surface area (Å²) in [7, 11) is -4.21. The van der Waals surface area contributed by atoms with E-state index in [0.717, 1.165) is 33.0 Å². The van der Waals surface area contributed by atoms with Gasteiger partial charge in [0.2, 0.25) is 11.8 Å². The van der Waals surface area contributed by atoms with Crippen LogP contribution < -0.4 is 9.62 Å². The van der Waals surface area contributed by atoms with Crippen molar-refractivity contribution < 1.29 is 18.0 Å². The summed E-state index contributed by atoms with van der Waals surface area (Å²) < 4.78 is 29.6. The molecule has 0 aliphatic carbocycles. The number of carbonyl (C=O) groups excluding carboxylic acids is 2. The van der Waals surface area contributed by atoms with Gasteiger partial charge >= 0.3 is 0 Å². The fraction of sp³-hybridized carbons (Fsp3) is 0.278. The maximum atomic E-state index is 14.6. The monoisotopic (exact) mass is 645 g/mol. The lowest BCUT2D eigenvalue weighted by atomic mass is 10.0. The number of halogens is 1. The first-order valence-corrected chi connectivity index (χ1v) is 16.8. The van der Waals surface area contributed by atoms with Crippen LogP contribution in [0.4, 0.5) is 5.69 Å². The molecule has 0 bridgehead atoms. The molecule has 1 N–H and O–H groups in total. The highest BCUT2D eigenvalue weighted by Crippen LogP contribution is 2.31. The molecular weight excluding hydrogens is 606 g/mol. The molecule has 0 saturated carbocycles. The molecule has 4 aromatic carbocycles. The van der Waals surface area contributed by atoms with Crippen LogP contribution in [0.2, 0.25) is 5.02 Å². The van der Waals surface area contributed by atoms with Gasteiger partial charge in [-0.25, -0.2) is 8.42 Å². The fourth-order valence-corrected chi connectivity index (χ4v) is 6.75. The molecular formula is C36H40ClN3O4S. The van der Waals surface area contributed by atoms with Crippen LogP contribution in [0.3, 0.4) is 0 Å². The Hall–Kier alpha value is -4.14. The number of hydrogen-bond acceptors (Lipinski definition) is 4. The van der Waals surface area contributed by atoms with Crippen molar-refractivity contribution in [1.82, 2.24) is 10.2 Å². The minimum Gasteiger partial charge on any atom is -0.354 e. The summed E-state index contributed by atoms with van der Waals surface area (Å²) >= 11 is 6.46. The number of amides is 2. The van der Waals surface area contributed by atoms with E-state index in [2.05, 4.69) is 5.32 Å². The zero-order valence-corrected chi connectivity index (χ0v) is 27.7. The van der Waals surface area contributed by atoms with Gasteiger partial charge in [-0.3, -0.25) is 13.9 Å². The Morgan fingerprint density at radius 2 is 1.51 bits per heavy atom. The summed E-state index contributed by atoms with van der Waals surface area (Å²) in [4.78, 5) is 29.9. The van der Waals surface area contributed by atoms with Crippen LogP contribution in [0.15, 0.2) is 102 Å². The van der Waals surface area contributed by atoms with E-state index in [-0.39, 0.29) is 23.8 Å². The normalized spacial score (nSPS) is 11.9. The number of hydrogen-bond donors (Lipinski definition) is 1. The first-order valence-electron chi connectivity index (χ1n) is 15.0. The standard InChI is InChI=1S/C36H40ClN3O4S/c1-5-22-38-36(42)34(23-29-13-7-6-8-14-29)39(24-30-15-10-9-12-27(30)3)35(41)25-40(33-17-11-16-32(37)28(33)4)45(43,44)31-20-18-26(2)19-21-31/h6-21,34H,5,22-25H2,1-4H3,(H,38,42)/t34-/m0/s1. The van der Waals surface area contributed by atoms with Crippen LogP contribution in [-0.4, -0.2) is 44.3 Å². The molecule has 0 spiro atoms. The number of aryl methyl sites for hydroxylation is 2. The molecule has 4 rings (SSSR count). The second-order valence-electron chi connectivity index (χ2n) is 11.2. The summed E-state index contributed by atoms with van der Waals surface area (Å²) in [6, 6.07) is 27.8. The van der Waals surface area contributed by atoms with Crippen molar-refractivity contribution in [2.75, 3.05) is 17.4 Å². The molecule has 0 aliphatic rings. The van der Waals surface area contributed by atoms with E-state index in [1.54, 1.807) is 37.3 Å². The zero-order valence-electron chi connectivity index (χ0n) is 26.2. The minimum absolute atomic E-state index is 0.0484. The van der Waals surface area contributed by atoms with Crippen molar-refractivity contribution in [1.29, 1.82) is 0 Å². The van der Waals surface area contributed by atoms with Crippen LogP contribution in [-0.2, 0) is 32.6 Å². The maximum Gasteiger partial charge on any atom is 0.264 e. The predicted molar refractivity (Wildman–Crippen MR) is 181 cm³/mol.